The summed E-state index contributed by atoms with van der Waals surface area (Å²) in [6.45, 7) is 1.29. The molecule has 7 heteroatoms. The van der Waals surface area contributed by atoms with Gasteiger partial charge in [-0.2, -0.15) is 5.10 Å². The van der Waals surface area contributed by atoms with Gasteiger partial charge < -0.3 is 15.4 Å². The first-order chi connectivity index (χ1) is 12.3. The molecule has 1 saturated heterocycles. The molecule has 25 heavy (non-hydrogen) atoms. The Morgan fingerprint density at radius 3 is 3.00 bits per heavy atom. The van der Waals surface area contributed by atoms with Crippen LogP contribution in [0.2, 0.25) is 0 Å². The van der Waals surface area contributed by atoms with Crippen molar-refractivity contribution in [1.29, 1.82) is 0 Å². The van der Waals surface area contributed by atoms with Crippen LogP contribution in [0.25, 0.3) is 5.65 Å². The largest absolute Gasteiger partial charge is 0.373 e. The van der Waals surface area contributed by atoms with Gasteiger partial charge in [0.15, 0.2) is 5.65 Å². The minimum Gasteiger partial charge on any atom is -0.373 e. The first-order valence-corrected chi connectivity index (χ1v) is 8.30. The van der Waals surface area contributed by atoms with Crippen LogP contribution in [0.5, 0.6) is 0 Å². The van der Waals surface area contributed by atoms with Crippen LogP contribution in [0.4, 0.5) is 10.5 Å². The van der Waals surface area contributed by atoms with Gasteiger partial charge in [-0.15, -0.1) is 0 Å². The van der Waals surface area contributed by atoms with Crippen molar-refractivity contribution < 1.29 is 9.53 Å². The van der Waals surface area contributed by atoms with Crippen molar-refractivity contribution in [3.8, 4) is 0 Å². The molecular weight excluding hydrogens is 318 g/mol. The van der Waals surface area contributed by atoms with E-state index < -0.39 is 0 Å². The van der Waals surface area contributed by atoms with Crippen molar-refractivity contribution in [2.24, 2.45) is 5.92 Å². The molecule has 7 nitrogen and oxygen atoms in total. The molecule has 1 aromatic carbocycles. The summed E-state index contributed by atoms with van der Waals surface area (Å²) in [5.41, 5.74) is 2.56. The predicted octanol–water partition coefficient (Wildman–Crippen LogP) is 2.63. The van der Waals surface area contributed by atoms with E-state index in [9.17, 15) is 4.79 Å². The fraction of sp³-hybridized carbons (Fsp3) is 0.278. The van der Waals surface area contributed by atoms with E-state index in [4.69, 9.17) is 4.74 Å². The number of nitrogens with one attached hydrogen (secondary N) is 2. The molecule has 3 aromatic rings. The Labute approximate surface area is 145 Å². The van der Waals surface area contributed by atoms with Crippen molar-refractivity contribution in [2.45, 2.75) is 12.5 Å². The summed E-state index contributed by atoms with van der Waals surface area (Å²) >= 11 is 0. The second kappa shape index (κ2) is 6.90. The van der Waals surface area contributed by atoms with Gasteiger partial charge in [0.05, 0.1) is 18.0 Å². The van der Waals surface area contributed by atoms with E-state index in [2.05, 4.69) is 32.8 Å². The van der Waals surface area contributed by atoms with Crippen LogP contribution in [0.1, 0.15) is 18.1 Å². The Morgan fingerprint density at radius 2 is 2.12 bits per heavy atom. The summed E-state index contributed by atoms with van der Waals surface area (Å²) in [5, 5.41) is 9.82. The van der Waals surface area contributed by atoms with Gasteiger partial charge in [0, 0.05) is 19.1 Å². The molecule has 1 aliphatic heterocycles. The third-order valence-electron chi connectivity index (χ3n) is 4.40. The number of nitrogens with zero attached hydrogens (tertiary/aromatic N) is 3. The number of benzene rings is 1. The summed E-state index contributed by atoms with van der Waals surface area (Å²) in [6.07, 6.45) is 4.18. The normalized spacial score (nSPS) is 19.8. The number of pyridine rings is 1. The van der Waals surface area contributed by atoms with Crippen molar-refractivity contribution in [3.63, 3.8) is 0 Å². The van der Waals surface area contributed by atoms with Crippen molar-refractivity contribution in [3.05, 3.63) is 60.6 Å². The maximum Gasteiger partial charge on any atom is 0.319 e. The highest BCUT2D eigenvalue weighted by Gasteiger charge is 2.29. The lowest BCUT2D eigenvalue weighted by molar-refractivity contribution is 0.0911. The van der Waals surface area contributed by atoms with Crippen molar-refractivity contribution in [1.82, 2.24) is 19.9 Å². The second-order valence-corrected chi connectivity index (χ2v) is 6.07. The molecule has 1 fully saturated rings. The lowest BCUT2D eigenvalue weighted by Gasteiger charge is -2.19. The molecule has 0 aliphatic carbocycles. The Hall–Kier alpha value is -2.93. The highest BCUT2D eigenvalue weighted by Crippen LogP contribution is 2.33. The van der Waals surface area contributed by atoms with E-state index in [1.54, 1.807) is 22.8 Å². The van der Waals surface area contributed by atoms with Gasteiger partial charge in [0.25, 0.3) is 0 Å². The topological polar surface area (TPSA) is 80.5 Å². The quantitative estimate of drug-likeness (QED) is 0.767. The van der Waals surface area contributed by atoms with Crippen LogP contribution in [0.3, 0.4) is 0 Å². The Kier molecular flexibility index (Phi) is 4.30. The second-order valence-electron chi connectivity index (χ2n) is 6.07. The lowest BCUT2D eigenvalue weighted by atomic mass is 9.95. The van der Waals surface area contributed by atoms with Crippen LogP contribution < -0.4 is 10.6 Å². The Balaban J connectivity index is 1.35. The first-order valence-electron chi connectivity index (χ1n) is 8.30. The van der Waals surface area contributed by atoms with Crippen LogP contribution in [-0.4, -0.2) is 33.8 Å². The van der Waals surface area contributed by atoms with E-state index in [-0.39, 0.29) is 18.1 Å². The molecule has 128 valence electrons. The number of anilines is 1. The fourth-order valence-corrected chi connectivity index (χ4v) is 3.14. The Bertz CT molecular complexity index is 864. The molecule has 2 amide bonds. The maximum absolute atomic E-state index is 12.2. The van der Waals surface area contributed by atoms with Crippen molar-refractivity contribution >= 4 is 17.4 Å². The van der Waals surface area contributed by atoms with Crippen LogP contribution in [0.15, 0.2) is 55.0 Å². The molecule has 2 atom stereocenters. The summed E-state index contributed by atoms with van der Waals surface area (Å²) in [5.74, 6) is 0.269. The number of carbonyl (C=O) groups excluding carboxylic acids is 1. The van der Waals surface area contributed by atoms with Gasteiger partial charge in [-0.1, -0.05) is 30.3 Å². The maximum atomic E-state index is 12.2. The van der Waals surface area contributed by atoms with E-state index in [1.165, 1.54) is 6.33 Å². The molecule has 3 heterocycles. The van der Waals surface area contributed by atoms with Gasteiger partial charge in [-0.05, 0) is 24.1 Å². The van der Waals surface area contributed by atoms with E-state index in [1.807, 2.05) is 18.2 Å². The summed E-state index contributed by atoms with van der Waals surface area (Å²) in [6, 6.07) is 13.5. The number of carbonyl (C=O) groups is 1. The molecule has 0 bridgehead atoms. The fourth-order valence-electron chi connectivity index (χ4n) is 3.14. The molecule has 0 spiro atoms. The third-order valence-corrected chi connectivity index (χ3v) is 4.40. The smallest absolute Gasteiger partial charge is 0.319 e. The molecule has 0 radical (unpaired) electrons. The van der Waals surface area contributed by atoms with Crippen LogP contribution in [0, 0.1) is 5.92 Å². The number of hydrogen-bond donors (Lipinski definition) is 2. The number of urea groups is 1. The predicted molar refractivity (Wildman–Crippen MR) is 93.3 cm³/mol. The van der Waals surface area contributed by atoms with Gasteiger partial charge in [-0.25, -0.2) is 14.3 Å². The van der Waals surface area contributed by atoms with Gasteiger partial charge in [0.2, 0.25) is 0 Å². The number of fused-ring (bicyclic) bond motifs is 1. The average molecular weight is 337 g/mol. The zero-order chi connectivity index (χ0) is 17.1. The minimum absolute atomic E-state index is 0.0352. The SMILES string of the molecule is O=C(NC[C@H]1CCO[C@@H]1c1ccccc1)Nc1ccc2ncnn2c1. The zero-order valence-electron chi connectivity index (χ0n) is 13.6. The third kappa shape index (κ3) is 3.46. The number of amides is 2. The van der Waals surface area contributed by atoms with Crippen LogP contribution in [-0.2, 0) is 4.74 Å². The van der Waals surface area contributed by atoms with Gasteiger partial charge >= 0.3 is 6.03 Å². The highest BCUT2D eigenvalue weighted by molar-refractivity contribution is 5.89. The average Bonchev–Trinajstić information content (AvgIpc) is 3.29. The Morgan fingerprint density at radius 1 is 1.24 bits per heavy atom. The number of aromatic nitrogens is 3. The number of rotatable bonds is 4. The molecule has 0 unspecified atom stereocenters. The molecule has 2 aromatic heterocycles. The highest BCUT2D eigenvalue weighted by atomic mass is 16.5. The summed E-state index contributed by atoms with van der Waals surface area (Å²) in [7, 11) is 0. The molecule has 4 rings (SSSR count). The van der Waals surface area contributed by atoms with E-state index >= 15 is 0 Å². The van der Waals surface area contributed by atoms with E-state index in [0.29, 0.717) is 12.2 Å². The first kappa shape index (κ1) is 15.6. The summed E-state index contributed by atoms with van der Waals surface area (Å²) < 4.78 is 7.47. The number of ether oxygens (including phenoxy) is 1. The van der Waals surface area contributed by atoms with Crippen LogP contribution >= 0.6 is 0 Å². The molecular formula is C18H19N5O2. The molecule has 2 N–H and O–H groups in total. The van der Waals surface area contributed by atoms with Crippen molar-refractivity contribution in [2.75, 3.05) is 18.5 Å². The monoisotopic (exact) mass is 337 g/mol. The summed E-state index contributed by atoms with van der Waals surface area (Å²) in [4.78, 5) is 16.3. The molecule has 0 saturated carbocycles. The zero-order valence-corrected chi connectivity index (χ0v) is 13.6. The minimum atomic E-state index is -0.238. The van der Waals surface area contributed by atoms with E-state index in [0.717, 1.165) is 24.2 Å². The standard InChI is InChI=1S/C18H19N5O2/c24-18(22-15-6-7-16-20-12-21-23(16)11-15)19-10-14-8-9-25-17(14)13-4-2-1-3-5-13/h1-7,11-12,14,17H,8-10H2,(H2,19,22,24)/t14-,17-/m1/s1. The van der Waals surface area contributed by atoms with Gasteiger partial charge in [-0.3, -0.25) is 0 Å². The number of hydrogen-bond acceptors (Lipinski definition) is 4. The lowest BCUT2D eigenvalue weighted by Crippen LogP contribution is -2.34. The van der Waals surface area contributed by atoms with Gasteiger partial charge in [0.1, 0.15) is 6.33 Å². The molecule has 1 aliphatic rings.